The fourth-order valence-electron chi connectivity index (χ4n) is 1.93. The smallest absolute Gasteiger partial charge is 0.338 e. The number of fused-ring (bicyclic) bond motifs is 1. The van der Waals surface area contributed by atoms with Crippen molar-refractivity contribution in [3.8, 4) is 0 Å². The Labute approximate surface area is 125 Å². The van der Waals surface area contributed by atoms with Crippen LogP contribution in [0.5, 0.6) is 0 Å². The number of aromatic nitrogens is 2. The molecular weight excluding hydrogens is 286 g/mol. The van der Waals surface area contributed by atoms with Gasteiger partial charge in [-0.2, -0.15) is 0 Å². The largest absolute Gasteiger partial charge is 0.462 e. The molecule has 3 rings (SSSR count). The second-order valence-electron chi connectivity index (χ2n) is 4.28. The van der Waals surface area contributed by atoms with Crippen molar-refractivity contribution in [3.05, 3.63) is 47.6 Å². The molecule has 0 fully saturated rings. The second kappa shape index (κ2) is 5.88. The molecule has 3 aromatic rings. The fraction of sp³-hybridized carbons (Fsp3) is 0.133. The predicted molar refractivity (Wildman–Crippen MR) is 83.1 cm³/mol. The van der Waals surface area contributed by atoms with Crippen LogP contribution in [0.1, 0.15) is 17.3 Å². The SMILES string of the molecule is CCOC(=O)c1ccc(Nc2ncnc3sccc23)cc1. The number of hydrogen-bond acceptors (Lipinski definition) is 6. The van der Waals surface area contributed by atoms with Gasteiger partial charge in [-0.15, -0.1) is 11.3 Å². The fourth-order valence-corrected chi connectivity index (χ4v) is 2.66. The molecule has 0 aliphatic rings. The van der Waals surface area contributed by atoms with Crippen LogP contribution >= 0.6 is 11.3 Å². The van der Waals surface area contributed by atoms with Crippen molar-refractivity contribution in [2.45, 2.75) is 6.92 Å². The van der Waals surface area contributed by atoms with Crippen molar-refractivity contribution >= 4 is 39.0 Å². The number of benzene rings is 1. The third kappa shape index (κ3) is 2.85. The minimum atomic E-state index is -0.314. The third-order valence-electron chi connectivity index (χ3n) is 2.92. The maximum absolute atomic E-state index is 11.6. The van der Waals surface area contributed by atoms with E-state index < -0.39 is 0 Å². The minimum absolute atomic E-state index is 0.314. The highest BCUT2D eigenvalue weighted by Crippen LogP contribution is 2.26. The summed E-state index contributed by atoms with van der Waals surface area (Å²) in [6.07, 6.45) is 1.54. The first kappa shape index (κ1) is 13.5. The molecule has 2 heterocycles. The number of anilines is 2. The van der Waals surface area contributed by atoms with Crippen LogP contribution in [0.3, 0.4) is 0 Å². The first-order valence-corrected chi connectivity index (χ1v) is 7.38. The Balaban J connectivity index is 1.82. The Kier molecular flexibility index (Phi) is 3.79. The molecule has 106 valence electrons. The van der Waals surface area contributed by atoms with Gasteiger partial charge in [-0.1, -0.05) is 0 Å². The van der Waals surface area contributed by atoms with Crippen LogP contribution < -0.4 is 5.32 Å². The molecular formula is C15H13N3O2S. The minimum Gasteiger partial charge on any atom is -0.462 e. The molecule has 0 amide bonds. The van der Waals surface area contributed by atoms with Gasteiger partial charge in [0.05, 0.1) is 17.6 Å². The van der Waals surface area contributed by atoms with E-state index in [1.807, 2.05) is 23.6 Å². The van der Waals surface area contributed by atoms with E-state index in [2.05, 4.69) is 15.3 Å². The number of ether oxygens (including phenoxy) is 1. The van der Waals surface area contributed by atoms with Crippen LogP contribution in [-0.4, -0.2) is 22.5 Å². The van der Waals surface area contributed by atoms with Crippen LogP contribution in [0.15, 0.2) is 42.0 Å². The molecule has 0 atom stereocenters. The lowest BCUT2D eigenvalue weighted by atomic mass is 10.2. The maximum atomic E-state index is 11.6. The quantitative estimate of drug-likeness (QED) is 0.746. The second-order valence-corrected chi connectivity index (χ2v) is 5.18. The summed E-state index contributed by atoms with van der Waals surface area (Å²) in [6.45, 7) is 2.16. The number of hydrogen-bond donors (Lipinski definition) is 1. The molecule has 0 saturated carbocycles. The zero-order valence-electron chi connectivity index (χ0n) is 11.4. The number of thiophene rings is 1. The Hall–Kier alpha value is -2.47. The topological polar surface area (TPSA) is 64.1 Å². The van der Waals surface area contributed by atoms with E-state index in [-0.39, 0.29) is 5.97 Å². The van der Waals surface area contributed by atoms with Gasteiger partial charge in [0, 0.05) is 5.69 Å². The van der Waals surface area contributed by atoms with Gasteiger partial charge in [-0.3, -0.25) is 0 Å². The lowest BCUT2D eigenvalue weighted by Crippen LogP contribution is -2.04. The molecule has 0 aliphatic carbocycles. The monoisotopic (exact) mass is 299 g/mol. The van der Waals surface area contributed by atoms with Crippen LogP contribution in [-0.2, 0) is 4.74 Å². The number of carbonyl (C=O) groups excluding carboxylic acids is 1. The van der Waals surface area contributed by atoms with E-state index in [0.29, 0.717) is 12.2 Å². The summed E-state index contributed by atoms with van der Waals surface area (Å²) >= 11 is 1.57. The number of carbonyl (C=O) groups is 1. The van der Waals surface area contributed by atoms with E-state index in [0.717, 1.165) is 21.7 Å². The average Bonchev–Trinajstić information content (AvgIpc) is 2.98. The highest BCUT2D eigenvalue weighted by atomic mass is 32.1. The van der Waals surface area contributed by atoms with Gasteiger partial charge in [0.2, 0.25) is 0 Å². The summed E-state index contributed by atoms with van der Waals surface area (Å²) in [4.78, 5) is 21.0. The molecule has 0 aliphatic heterocycles. The van der Waals surface area contributed by atoms with Gasteiger partial charge in [0.25, 0.3) is 0 Å². The summed E-state index contributed by atoms with van der Waals surface area (Å²) in [7, 11) is 0. The van der Waals surface area contributed by atoms with Gasteiger partial charge in [0.1, 0.15) is 17.0 Å². The maximum Gasteiger partial charge on any atom is 0.338 e. The van der Waals surface area contributed by atoms with E-state index >= 15 is 0 Å². The van der Waals surface area contributed by atoms with E-state index in [9.17, 15) is 4.79 Å². The molecule has 0 unspecified atom stereocenters. The lowest BCUT2D eigenvalue weighted by molar-refractivity contribution is 0.0526. The zero-order chi connectivity index (χ0) is 14.7. The van der Waals surface area contributed by atoms with E-state index in [1.54, 1.807) is 30.4 Å². The van der Waals surface area contributed by atoms with Crippen molar-refractivity contribution in [1.29, 1.82) is 0 Å². The molecule has 0 bridgehead atoms. The van der Waals surface area contributed by atoms with Crippen LogP contribution in [0.25, 0.3) is 10.2 Å². The third-order valence-corrected chi connectivity index (χ3v) is 3.74. The average molecular weight is 299 g/mol. The highest BCUT2D eigenvalue weighted by Gasteiger charge is 2.07. The number of rotatable bonds is 4. The Morgan fingerprint density at radius 2 is 2.05 bits per heavy atom. The molecule has 0 saturated heterocycles. The van der Waals surface area contributed by atoms with Crippen molar-refractivity contribution in [2.24, 2.45) is 0 Å². The summed E-state index contributed by atoms with van der Waals surface area (Å²) in [5.41, 5.74) is 1.39. The first-order valence-electron chi connectivity index (χ1n) is 6.50. The highest BCUT2D eigenvalue weighted by molar-refractivity contribution is 7.16. The van der Waals surface area contributed by atoms with Crippen LogP contribution in [0.2, 0.25) is 0 Å². The molecule has 2 aromatic heterocycles. The van der Waals surface area contributed by atoms with Gasteiger partial charge < -0.3 is 10.1 Å². The van der Waals surface area contributed by atoms with Crippen molar-refractivity contribution < 1.29 is 9.53 Å². The Bertz CT molecular complexity index is 768. The normalized spacial score (nSPS) is 10.5. The number of esters is 1. The molecule has 6 heteroatoms. The number of nitrogens with zero attached hydrogens (tertiary/aromatic N) is 2. The van der Waals surface area contributed by atoms with Crippen LogP contribution in [0, 0.1) is 0 Å². The first-order chi connectivity index (χ1) is 10.3. The zero-order valence-corrected chi connectivity index (χ0v) is 12.2. The van der Waals surface area contributed by atoms with Gasteiger partial charge in [-0.25, -0.2) is 14.8 Å². The van der Waals surface area contributed by atoms with Gasteiger partial charge in [0.15, 0.2) is 0 Å². The summed E-state index contributed by atoms with van der Waals surface area (Å²) in [5.74, 6) is 0.441. The van der Waals surface area contributed by atoms with Gasteiger partial charge >= 0.3 is 5.97 Å². The van der Waals surface area contributed by atoms with Crippen LogP contribution in [0.4, 0.5) is 11.5 Å². The van der Waals surface area contributed by atoms with Crippen molar-refractivity contribution in [2.75, 3.05) is 11.9 Å². The van der Waals surface area contributed by atoms with Crippen molar-refractivity contribution in [1.82, 2.24) is 9.97 Å². The Morgan fingerprint density at radius 1 is 1.24 bits per heavy atom. The lowest BCUT2D eigenvalue weighted by Gasteiger charge is -2.07. The van der Waals surface area contributed by atoms with Gasteiger partial charge in [-0.05, 0) is 42.6 Å². The Morgan fingerprint density at radius 3 is 2.81 bits per heavy atom. The summed E-state index contributed by atoms with van der Waals surface area (Å²) in [6, 6.07) is 9.09. The summed E-state index contributed by atoms with van der Waals surface area (Å²) in [5, 5.41) is 6.20. The predicted octanol–water partition coefficient (Wildman–Crippen LogP) is 3.61. The molecule has 0 radical (unpaired) electrons. The standard InChI is InChI=1S/C15H13N3O2S/c1-2-20-15(19)10-3-5-11(6-4-10)18-13-12-7-8-21-14(12)17-9-16-13/h3-9H,2H2,1H3,(H,16,17,18). The molecule has 1 N–H and O–H groups in total. The number of nitrogens with one attached hydrogen (secondary N) is 1. The van der Waals surface area contributed by atoms with E-state index in [4.69, 9.17) is 4.74 Å². The van der Waals surface area contributed by atoms with Crippen molar-refractivity contribution in [3.63, 3.8) is 0 Å². The van der Waals surface area contributed by atoms with E-state index in [1.165, 1.54) is 6.33 Å². The molecule has 1 aromatic carbocycles. The molecule has 5 nitrogen and oxygen atoms in total. The summed E-state index contributed by atoms with van der Waals surface area (Å²) < 4.78 is 4.95. The molecule has 21 heavy (non-hydrogen) atoms. The molecule has 0 spiro atoms.